The standard InChI is InChI=1S/C19H13ClN2O3S/c20-14-7-11-16(12-8-14)26(23,24)22-15-9-5-13(6-10-15)19-21-17-3-1-2-4-18(17)25-19/h1-12,22H. The summed E-state index contributed by atoms with van der Waals surface area (Å²) in [5.41, 5.74) is 2.68. The molecule has 4 aromatic rings. The van der Waals surface area contributed by atoms with E-state index in [2.05, 4.69) is 9.71 Å². The second-order valence-corrected chi connectivity index (χ2v) is 7.74. The number of nitrogens with one attached hydrogen (secondary N) is 1. The van der Waals surface area contributed by atoms with Crippen LogP contribution in [-0.4, -0.2) is 13.4 Å². The highest BCUT2D eigenvalue weighted by atomic mass is 35.5. The maximum Gasteiger partial charge on any atom is 0.261 e. The molecule has 0 unspecified atom stereocenters. The lowest BCUT2D eigenvalue weighted by atomic mass is 10.2. The second kappa shape index (κ2) is 6.48. The molecule has 1 aromatic heterocycles. The summed E-state index contributed by atoms with van der Waals surface area (Å²) in [6.45, 7) is 0. The first-order valence-electron chi connectivity index (χ1n) is 7.76. The van der Waals surface area contributed by atoms with Gasteiger partial charge in [0.2, 0.25) is 5.89 Å². The number of oxazole rings is 1. The molecule has 5 nitrogen and oxygen atoms in total. The lowest BCUT2D eigenvalue weighted by molar-refractivity contribution is 0.601. The van der Waals surface area contributed by atoms with Crippen LogP contribution in [0.4, 0.5) is 5.69 Å². The topological polar surface area (TPSA) is 72.2 Å². The number of halogens is 1. The Hall–Kier alpha value is -2.83. The molecule has 130 valence electrons. The van der Waals surface area contributed by atoms with Gasteiger partial charge in [0.25, 0.3) is 10.0 Å². The Morgan fingerprint density at radius 1 is 0.885 bits per heavy atom. The molecule has 7 heteroatoms. The molecule has 0 saturated heterocycles. The van der Waals surface area contributed by atoms with Gasteiger partial charge in [0.1, 0.15) is 5.52 Å². The smallest absolute Gasteiger partial charge is 0.261 e. The Balaban J connectivity index is 1.58. The summed E-state index contributed by atoms with van der Waals surface area (Å²) in [4.78, 5) is 4.57. The Kier molecular flexibility index (Phi) is 4.14. The fraction of sp³-hybridized carbons (Fsp3) is 0. The summed E-state index contributed by atoms with van der Waals surface area (Å²) in [5.74, 6) is 0.485. The van der Waals surface area contributed by atoms with E-state index >= 15 is 0 Å². The quantitative estimate of drug-likeness (QED) is 0.540. The number of anilines is 1. The maximum atomic E-state index is 12.4. The van der Waals surface area contributed by atoms with Gasteiger partial charge in [-0.25, -0.2) is 13.4 Å². The zero-order chi connectivity index (χ0) is 18.1. The zero-order valence-corrected chi connectivity index (χ0v) is 15.0. The number of aromatic nitrogens is 1. The third-order valence-corrected chi connectivity index (χ3v) is 5.45. The van der Waals surface area contributed by atoms with Gasteiger partial charge >= 0.3 is 0 Å². The van der Waals surface area contributed by atoms with Crippen molar-refractivity contribution < 1.29 is 12.8 Å². The monoisotopic (exact) mass is 384 g/mol. The van der Waals surface area contributed by atoms with Crippen molar-refractivity contribution in [1.29, 1.82) is 0 Å². The molecule has 0 amide bonds. The summed E-state index contributed by atoms with van der Waals surface area (Å²) in [7, 11) is -3.68. The van der Waals surface area contributed by atoms with Gasteiger partial charge in [-0.3, -0.25) is 4.72 Å². The molecule has 0 aliphatic carbocycles. The van der Waals surface area contributed by atoms with Crippen molar-refractivity contribution in [2.45, 2.75) is 4.90 Å². The van der Waals surface area contributed by atoms with Gasteiger partial charge in [0, 0.05) is 16.3 Å². The van der Waals surface area contributed by atoms with Crippen LogP contribution in [0.2, 0.25) is 5.02 Å². The summed E-state index contributed by atoms with van der Waals surface area (Å²) in [5, 5.41) is 0.478. The molecule has 0 fully saturated rings. The molecule has 0 saturated carbocycles. The molecular weight excluding hydrogens is 372 g/mol. The Bertz CT molecular complexity index is 1130. The molecule has 0 bridgehead atoms. The fourth-order valence-electron chi connectivity index (χ4n) is 2.50. The lowest BCUT2D eigenvalue weighted by Crippen LogP contribution is -2.12. The first-order chi connectivity index (χ1) is 12.5. The van der Waals surface area contributed by atoms with Gasteiger partial charge < -0.3 is 4.42 Å². The van der Waals surface area contributed by atoms with Gasteiger partial charge in [-0.1, -0.05) is 23.7 Å². The minimum Gasteiger partial charge on any atom is -0.436 e. The molecule has 1 heterocycles. The molecular formula is C19H13ClN2O3S. The number of nitrogens with zero attached hydrogens (tertiary/aromatic N) is 1. The van der Waals surface area contributed by atoms with Crippen LogP contribution in [0, 0.1) is 0 Å². The van der Waals surface area contributed by atoms with Gasteiger partial charge in [-0.15, -0.1) is 0 Å². The van der Waals surface area contributed by atoms with Gasteiger partial charge in [-0.2, -0.15) is 0 Å². The number of benzene rings is 3. The van der Waals surface area contributed by atoms with Crippen molar-refractivity contribution >= 4 is 38.4 Å². The number of para-hydroxylation sites is 2. The van der Waals surface area contributed by atoms with Gasteiger partial charge in [0.15, 0.2) is 5.58 Å². The molecule has 0 aliphatic rings. The van der Waals surface area contributed by atoms with Crippen molar-refractivity contribution in [3.8, 4) is 11.5 Å². The van der Waals surface area contributed by atoms with E-state index in [1.165, 1.54) is 24.3 Å². The molecule has 0 radical (unpaired) electrons. The predicted molar refractivity (Wildman–Crippen MR) is 102 cm³/mol. The van der Waals surface area contributed by atoms with E-state index in [1.807, 2.05) is 24.3 Å². The molecule has 0 atom stereocenters. The first kappa shape index (κ1) is 16.6. The highest BCUT2D eigenvalue weighted by Gasteiger charge is 2.14. The van der Waals surface area contributed by atoms with Crippen molar-refractivity contribution in [2.75, 3.05) is 4.72 Å². The highest BCUT2D eigenvalue weighted by Crippen LogP contribution is 2.26. The minimum absolute atomic E-state index is 0.143. The molecule has 4 rings (SSSR count). The van der Waals surface area contributed by atoms with Crippen molar-refractivity contribution in [3.63, 3.8) is 0 Å². The van der Waals surface area contributed by atoms with Crippen LogP contribution in [0.25, 0.3) is 22.6 Å². The summed E-state index contributed by atoms with van der Waals surface area (Å²) in [6, 6.07) is 20.3. The fourth-order valence-corrected chi connectivity index (χ4v) is 3.69. The minimum atomic E-state index is -3.68. The van der Waals surface area contributed by atoms with Crippen LogP contribution >= 0.6 is 11.6 Å². The number of sulfonamides is 1. The van der Waals surface area contributed by atoms with Crippen molar-refractivity contribution in [3.05, 3.63) is 77.8 Å². The summed E-state index contributed by atoms with van der Waals surface area (Å²) >= 11 is 5.80. The van der Waals surface area contributed by atoms with Crippen LogP contribution in [0.5, 0.6) is 0 Å². The van der Waals surface area contributed by atoms with E-state index in [0.29, 0.717) is 22.2 Å². The van der Waals surface area contributed by atoms with E-state index in [1.54, 1.807) is 24.3 Å². The van der Waals surface area contributed by atoms with Crippen LogP contribution in [-0.2, 0) is 10.0 Å². The average Bonchev–Trinajstić information content (AvgIpc) is 3.06. The van der Waals surface area contributed by atoms with Gasteiger partial charge in [0.05, 0.1) is 4.90 Å². The van der Waals surface area contributed by atoms with E-state index < -0.39 is 10.0 Å². The van der Waals surface area contributed by atoms with E-state index in [-0.39, 0.29) is 4.90 Å². The summed E-state index contributed by atoms with van der Waals surface area (Å²) < 4.78 is 33.1. The second-order valence-electron chi connectivity index (χ2n) is 5.62. The Morgan fingerprint density at radius 3 is 2.27 bits per heavy atom. The number of hydrogen-bond acceptors (Lipinski definition) is 4. The molecule has 0 aliphatic heterocycles. The van der Waals surface area contributed by atoms with E-state index in [4.69, 9.17) is 16.0 Å². The largest absolute Gasteiger partial charge is 0.436 e. The molecule has 1 N–H and O–H groups in total. The average molecular weight is 385 g/mol. The van der Waals surface area contributed by atoms with Crippen molar-refractivity contribution in [2.24, 2.45) is 0 Å². The van der Waals surface area contributed by atoms with Crippen LogP contribution in [0.15, 0.2) is 82.1 Å². The maximum absolute atomic E-state index is 12.4. The van der Waals surface area contributed by atoms with Crippen molar-refractivity contribution in [1.82, 2.24) is 4.98 Å². The first-order valence-corrected chi connectivity index (χ1v) is 9.62. The predicted octanol–water partition coefficient (Wildman–Crippen LogP) is 4.95. The van der Waals surface area contributed by atoms with Crippen LogP contribution < -0.4 is 4.72 Å². The third-order valence-electron chi connectivity index (χ3n) is 3.80. The lowest BCUT2D eigenvalue weighted by Gasteiger charge is -2.08. The Morgan fingerprint density at radius 2 is 1.58 bits per heavy atom. The number of rotatable bonds is 4. The third kappa shape index (κ3) is 3.29. The van der Waals surface area contributed by atoms with Crippen LogP contribution in [0.3, 0.4) is 0 Å². The Labute approximate surface area is 155 Å². The molecule has 0 spiro atoms. The SMILES string of the molecule is O=S(=O)(Nc1ccc(-c2nc3ccccc3o2)cc1)c1ccc(Cl)cc1. The number of hydrogen-bond donors (Lipinski definition) is 1. The zero-order valence-electron chi connectivity index (χ0n) is 13.4. The van der Waals surface area contributed by atoms with Crippen LogP contribution in [0.1, 0.15) is 0 Å². The van der Waals surface area contributed by atoms with E-state index in [0.717, 1.165) is 11.1 Å². The van der Waals surface area contributed by atoms with E-state index in [9.17, 15) is 8.42 Å². The number of fused-ring (bicyclic) bond motifs is 1. The molecule has 26 heavy (non-hydrogen) atoms. The van der Waals surface area contributed by atoms with Gasteiger partial charge in [-0.05, 0) is 60.7 Å². The summed E-state index contributed by atoms with van der Waals surface area (Å²) in [6.07, 6.45) is 0. The highest BCUT2D eigenvalue weighted by molar-refractivity contribution is 7.92. The normalized spacial score (nSPS) is 11.6. The molecule has 3 aromatic carbocycles.